The second-order valence-corrected chi connectivity index (χ2v) is 3.70. The molecule has 66 valence electrons. The van der Waals surface area contributed by atoms with E-state index in [4.69, 9.17) is 0 Å². The summed E-state index contributed by atoms with van der Waals surface area (Å²) in [4.78, 5) is 0. The highest BCUT2D eigenvalue weighted by atomic mass is 14.2. The summed E-state index contributed by atoms with van der Waals surface area (Å²) >= 11 is 0. The van der Waals surface area contributed by atoms with Crippen LogP contribution in [0.3, 0.4) is 0 Å². The first kappa shape index (κ1) is 11.0. The average molecular weight is 162 g/mol. The molecule has 0 heteroatoms. The summed E-state index contributed by atoms with van der Waals surface area (Å²) in [5, 5.41) is 0. The van der Waals surface area contributed by atoms with Crippen molar-refractivity contribution in [3.05, 3.63) is 49.1 Å². The predicted molar refractivity (Wildman–Crippen MR) is 57.1 cm³/mol. The quantitative estimate of drug-likeness (QED) is 0.552. The molecule has 0 atom stereocenters. The van der Waals surface area contributed by atoms with Crippen molar-refractivity contribution < 1.29 is 0 Å². The highest BCUT2D eigenvalue weighted by Crippen LogP contribution is 2.26. The molecule has 0 fully saturated rings. The van der Waals surface area contributed by atoms with E-state index in [1.807, 2.05) is 18.2 Å². The minimum Gasteiger partial charge on any atom is -0.0991 e. The molecule has 0 aliphatic rings. The topological polar surface area (TPSA) is 0 Å². The lowest BCUT2D eigenvalue weighted by molar-refractivity contribution is 0.517. The molecule has 0 spiro atoms. The largest absolute Gasteiger partial charge is 0.0991 e. The molecule has 0 saturated carbocycles. The highest BCUT2D eigenvalue weighted by Gasteiger charge is 2.12. The van der Waals surface area contributed by atoms with Crippen molar-refractivity contribution in [3.63, 3.8) is 0 Å². The van der Waals surface area contributed by atoms with Crippen LogP contribution in [0.1, 0.15) is 20.8 Å². The molecule has 0 N–H and O–H groups in total. The molecule has 0 radical (unpaired) electrons. The molecule has 0 saturated heterocycles. The summed E-state index contributed by atoms with van der Waals surface area (Å²) in [5.74, 6) is 0. The van der Waals surface area contributed by atoms with E-state index in [9.17, 15) is 0 Å². The standard InChI is InChI=1S/C12H18/c1-6-8-10-11(9-7-2)12(3,4)5/h6-10H,1-2H2,3-5H3. The number of allylic oxidation sites excluding steroid dienone is 6. The first-order valence-electron chi connectivity index (χ1n) is 4.14. The lowest BCUT2D eigenvalue weighted by Crippen LogP contribution is -2.06. The Labute approximate surface area is 76.0 Å². The van der Waals surface area contributed by atoms with Crippen molar-refractivity contribution in [1.29, 1.82) is 0 Å². The predicted octanol–water partition coefficient (Wildman–Crippen LogP) is 3.89. The van der Waals surface area contributed by atoms with E-state index in [1.165, 1.54) is 5.57 Å². The minimum atomic E-state index is 0.174. The fourth-order valence-corrected chi connectivity index (χ4v) is 0.854. The van der Waals surface area contributed by atoms with Gasteiger partial charge < -0.3 is 0 Å². The zero-order valence-electron chi connectivity index (χ0n) is 8.30. The highest BCUT2D eigenvalue weighted by molar-refractivity contribution is 5.29. The molecule has 0 amide bonds. The molecule has 0 aromatic rings. The SMILES string of the molecule is C=CC=CC(=CC=C)C(C)(C)C. The lowest BCUT2D eigenvalue weighted by Gasteiger charge is -2.19. The molecule has 0 unspecified atom stereocenters. The normalized spacial score (nSPS) is 13.4. The van der Waals surface area contributed by atoms with Gasteiger partial charge in [-0.25, -0.2) is 0 Å². The maximum absolute atomic E-state index is 3.69. The average Bonchev–Trinajstić information content (AvgIpc) is 1.95. The number of rotatable bonds is 3. The molecule has 0 aromatic carbocycles. The van der Waals surface area contributed by atoms with Crippen molar-refractivity contribution in [2.24, 2.45) is 5.41 Å². The third-order valence-corrected chi connectivity index (χ3v) is 1.58. The van der Waals surface area contributed by atoms with Gasteiger partial charge in [0.1, 0.15) is 0 Å². The number of hydrogen-bond donors (Lipinski definition) is 0. The van der Waals surface area contributed by atoms with Gasteiger partial charge in [0.2, 0.25) is 0 Å². The molecule has 0 aliphatic carbocycles. The monoisotopic (exact) mass is 162 g/mol. The van der Waals surface area contributed by atoms with Crippen molar-refractivity contribution in [1.82, 2.24) is 0 Å². The van der Waals surface area contributed by atoms with E-state index in [0.29, 0.717) is 0 Å². The van der Waals surface area contributed by atoms with Crippen molar-refractivity contribution in [2.75, 3.05) is 0 Å². The zero-order chi connectivity index (χ0) is 9.61. The second-order valence-electron chi connectivity index (χ2n) is 3.70. The maximum atomic E-state index is 3.69. The molecule has 0 nitrogen and oxygen atoms in total. The third-order valence-electron chi connectivity index (χ3n) is 1.58. The summed E-state index contributed by atoms with van der Waals surface area (Å²) in [5.41, 5.74) is 1.44. The van der Waals surface area contributed by atoms with Crippen molar-refractivity contribution in [3.8, 4) is 0 Å². The molecule has 12 heavy (non-hydrogen) atoms. The van der Waals surface area contributed by atoms with Crippen molar-refractivity contribution in [2.45, 2.75) is 20.8 Å². The van der Waals surface area contributed by atoms with Crippen LogP contribution in [-0.4, -0.2) is 0 Å². The molecular weight excluding hydrogens is 144 g/mol. The van der Waals surface area contributed by atoms with E-state index in [-0.39, 0.29) is 5.41 Å². The van der Waals surface area contributed by atoms with Gasteiger partial charge in [0, 0.05) is 0 Å². The van der Waals surface area contributed by atoms with Gasteiger partial charge >= 0.3 is 0 Å². The summed E-state index contributed by atoms with van der Waals surface area (Å²) in [6.07, 6.45) is 9.63. The Morgan fingerprint density at radius 3 is 2.00 bits per heavy atom. The molecule has 0 rings (SSSR count). The Balaban J connectivity index is 4.68. The summed E-state index contributed by atoms with van der Waals surface area (Å²) in [6, 6.07) is 0. The Hall–Kier alpha value is -1.04. The van der Waals surface area contributed by atoms with E-state index >= 15 is 0 Å². The first-order chi connectivity index (χ1) is 5.52. The summed E-state index contributed by atoms with van der Waals surface area (Å²) in [7, 11) is 0. The Morgan fingerprint density at radius 2 is 1.67 bits per heavy atom. The van der Waals surface area contributed by atoms with Crippen LogP contribution in [0.15, 0.2) is 49.1 Å². The van der Waals surface area contributed by atoms with Crippen molar-refractivity contribution >= 4 is 0 Å². The van der Waals surface area contributed by atoms with Crippen LogP contribution in [0.25, 0.3) is 0 Å². The Kier molecular flexibility index (Phi) is 4.35. The minimum absolute atomic E-state index is 0.174. The van der Waals surface area contributed by atoms with Crippen LogP contribution in [0.5, 0.6) is 0 Å². The fraction of sp³-hybridized carbons (Fsp3) is 0.333. The molecular formula is C12H18. The van der Waals surface area contributed by atoms with Crippen LogP contribution in [0.2, 0.25) is 0 Å². The van der Waals surface area contributed by atoms with Gasteiger partial charge in [-0.1, -0.05) is 64.3 Å². The Bertz CT molecular complexity index is 209. The molecule has 0 bridgehead atoms. The van der Waals surface area contributed by atoms with E-state index in [0.717, 1.165) is 0 Å². The van der Waals surface area contributed by atoms with Crippen LogP contribution < -0.4 is 0 Å². The fourth-order valence-electron chi connectivity index (χ4n) is 0.854. The van der Waals surface area contributed by atoms with Crippen LogP contribution in [-0.2, 0) is 0 Å². The molecule has 0 heterocycles. The third kappa shape index (κ3) is 3.97. The van der Waals surface area contributed by atoms with Gasteiger partial charge in [-0.05, 0) is 11.0 Å². The zero-order valence-corrected chi connectivity index (χ0v) is 8.30. The van der Waals surface area contributed by atoms with Crippen LogP contribution >= 0.6 is 0 Å². The molecule has 0 aliphatic heterocycles. The number of hydrogen-bond acceptors (Lipinski definition) is 0. The van der Waals surface area contributed by atoms with E-state index < -0.39 is 0 Å². The smallest absolute Gasteiger partial charge is 0.0132 e. The second kappa shape index (κ2) is 4.76. The van der Waals surface area contributed by atoms with Gasteiger partial charge in [0.15, 0.2) is 0 Å². The molecule has 0 aromatic heterocycles. The lowest BCUT2D eigenvalue weighted by atomic mass is 9.86. The van der Waals surface area contributed by atoms with E-state index in [1.54, 1.807) is 6.08 Å². The van der Waals surface area contributed by atoms with Gasteiger partial charge in [0.05, 0.1) is 0 Å². The van der Waals surface area contributed by atoms with Gasteiger partial charge in [-0.3, -0.25) is 0 Å². The van der Waals surface area contributed by atoms with Gasteiger partial charge in [-0.2, -0.15) is 0 Å². The Morgan fingerprint density at radius 1 is 1.08 bits per heavy atom. The van der Waals surface area contributed by atoms with Gasteiger partial charge in [0.25, 0.3) is 0 Å². The van der Waals surface area contributed by atoms with E-state index in [2.05, 4.69) is 40.0 Å². The summed E-state index contributed by atoms with van der Waals surface area (Å²) in [6.45, 7) is 13.8. The van der Waals surface area contributed by atoms with Gasteiger partial charge in [-0.15, -0.1) is 0 Å². The van der Waals surface area contributed by atoms with Crippen LogP contribution in [0, 0.1) is 5.41 Å². The summed E-state index contributed by atoms with van der Waals surface area (Å²) < 4.78 is 0. The maximum Gasteiger partial charge on any atom is -0.0132 e. The van der Waals surface area contributed by atoms with Crippen LogP contribution in [0.4, 0.5) is 0 Å². The first-order valence-corrected chi connectivity index (χ1v) is 4.14.